The molecule has 6 heteroatoms. The van der Waals surface area contributed by atoms with Crippen molar-refractivity contribution in [2.24, 2.45) is 5.92 Å². The Morgan fingerprint density at radius 1 is 1.09 bits per heavy atom. The maximum atomic E-state index is 12.5. The lowest BCUT2D eigenvalue weighted by Gasteiger charge is -2.37. The summed E-state index contributed by atoms with van der Waals surface area (Å²) >= 11 is 0. The van der Waals surface area contributed by atoms with Gasteiger partial charge in [0.25, 0.3) is 0 Å². The minimum atomic E-state index is -0.726. The molecule has 0 aliphatic heterocycles. The minimum Gasteiger partial charge on any atom is -0.481 e. The molecule has 1 aliphatic rings. The summed E-state index contributed by atoms with van der Waals surface area (Å²) < 4.78 is 5.51. The topological polar surface area (TPSA) is 70.1 Å². The second-order valence-electron chi connectivity index (χ2n) is 7.32. The van der Waals surface area contributed by atoms with Crippen molar-refractivity contribution < 1.29 is 19.4 Å². The van der Waals surface area contributed by atoms with Gasteiger partial charge in [0.05, 0.1) is 5.92 Å². The molecule has 22 heavy (non-hydrogen) atoms. The first-order valence-electron chi connectivity index (χ1n) is 7.97. The molecule has 0 aromatic carbocycles. The third kappa shape index (κ3) is 6.22. The fourth-order valence-electron chi connectivity index (χ4n) is 2.69. The van der Waals surface area contributed by atoms with Crippen LogP contribution in [0.1, 0.15) is 46.5 Å². The first-order valence-corrected chi connectivity index (χ1v) is 7.97. The Morgan fingerprint density at radius 3 is 2.05 bits per heavy atom. The van der Waals surface area contributed by atoms with Crippen LogP contribution in [0.25, 0.3) is 0 Å². The fourth-order valence-corrected chi connectivity index (χ4v) is 2.69. The molecule has 1 rings (SSSR count). The molecule has 0 spiro atoms. The van der Waals surface area contributed by atoms with Gasteiger partial charge in [-0.05, 0) is 60.5 Å². The van der Waals surface area contributed by atoms with Crippen LogP contribution in [0.3, 0.4) is 0 Å². The zero-order valence-electron chi connectivity index (χ0n) is 14.5. The van der Waals surface area contributed by atoms with Crippen LogP contribution in [-0.4, -0.2) is 65.8 Å². The molecule has 1 N–H and O–H groups in total. The average molecular weight is 314 g/mol. The second-order valence-corrected chi connectivity index (χ2v) is 7.32. The van der Waals surface area contributed by atoms with E-state index in [1.165, 1.54) is 0 Å². The van der Waals surface area contributed by atoms with Gasteiger partial charge in [0.2, 0.25) is 0 Å². The molecule has 1 aliphatic carbocycles. The number of amides is 1. The van der Waals surface area contributed by atoms with Crippen molar-refractivity contribution in [2.75, 3.05) is 27.2 Å². The number of nitrogens with zero attached hydrogens (tertiary/aromatic N) is 2. The molecule has 0 atom stereocenters. The molecule has 0 bridgehead atoms. The Bertz CT molecular complexity index is 382. The highest BCUT2D eigenvalue weighted by Crippen LogP contribution is 2.28. The number of hydrogen-bond acceptors (Lipinski definition) is 4. The van der Waals surface area contributed by atoms with Crippen molar-refractivity contribution in [1.82, 2.24) is 9.80 Å². The second kappa shape index (κ2) is 7.81. The highest BCUT2D eigenvalue weighted by molar-refractivity contribution is 5.70. The zero-order valence-corrected chi connectivity index (χ0v) is 14.5. The summed E-state index contributed by atoms with van der Waals surface area (Å²) in [5.74, 6) is -0.999. The van der Waals surface area contributed by atoms with E-state index in [2.05, 4.69) is 0 Å². The van der Waals surface area contributed by atoms with Crippen LogP contribution >= 0.6 is 0 Å². The Morgan fingerprint density at radius 2 is 1.64 bits per heavy atom. The largest absolute Gasteiger partial charge is 0.481 e. The number of aliphatic carboxylic acids is 1. The van der Waals surface area contributed by atoms with Crippen molar-refractivity contribution in [1.29, 1.82) is 0 Å². The molecule has 1 saturated carbocycles. The number of ether oxygens (including phenoxy) is 1. The fraction of sp³-hybridized carbons (Fsp3) is 0.875. The van der Waals surface area contributed by atoms with Crippen molar-refractivity contribution >= 4 is 12.1 Å². The van der Waals surface area contributed by atoms with E-state index in [0.717, 1.165) is 19.4 Å². The molecule has 0 aromatic heterocycles. The summed E-state index contributed by atoms with van der Waals surface area (Å²) in [5.41, 5.74) is -0.522. The van der Waals surface area contributed by atoms with E-state index in [9.17, 15) is 9.59 Å². The first kappa shape index (κ1) is 18.7. The number of likely N-dealkylation sites (N-methyl/N-ethyl adjacent to an activating group) is 1. The highest BCUT2D eigenvalue weighted by atomic mass is 16.6. The van der Waals surface area contributed by atoms with Gasteiger partial charge in [0.15, 0.2) is 0 Å². The average Bonchev–Trinajstić information content (AvgIpc) is 2.37. The third-order valence-corrected chi connectivity index (χ3v) is 3.90. The molecular weight excluding hydrogens is 284 g/mol. The van der Waals surface area contributed by atoms with E-state index in [1.807, 2.05) is 39.8 Å². The lowest BCUT2D eigenvalue weighted by atomic mass is 9.85. The van der Waals surface area contributed by atoms with Gasteiger partial charge >= 0.3 is 12.1 Å². The van der Waals surface area contributed by atoms with Crippen molar-refractivity contribution in [2.45, 2.75) is 58.1 Å². The third-order valence-electron chi connectivity index (χ3n) is 3.90. The van der Waals surface area contributed by atoms with Crippen LogP contribution in [0, 0.1) is 5.92 Å². The van der Waals surface area contributed by atoms with Crippen molar-refractivity contribution in [3.05, 3.63) is 0 Å². The number of carbonyl (C=O) groups excluding carboxylic acids is 1. The summed E-state index contributed by atoms with van der Waals surface area (Å²) in [4.78, 5) is 27.3. The van der Waals surface area contributed by atoms with Crippen LogP contribution in [0.4, 0.5) is 4.79 Å². The maximum absolute atomic E-state index is 12.5. The van der Waals surface area contributed by atoms with E-state index >= 15 is 0 Å². The van der Waals surface area contributed by atoms with Gasteiger partial charge in [-0.1, -0.05) is 0 Å². The van der Waals surface area contributed by atoms with Crippen molar-refractivity contribution in [3.8, 4) is 0 Å². The number of hydrogen-bond donors (Lipinski definition) is 1. The Labute approximate surface area is 133 Å². The van der Waals surface area contributed by atoms with E-state index in [4.69, 9.17) is 9.84 Å². The lowest BCUT2D eigenvalue weighted by molar-refractivity contribution is -0.143. The Kier molecular flexibility index (Phi) is 6.66. The SMILES string of the molecule is CN(C)CCN(C(=O)OC(C)(C)C)C1CCC(C(=O)O)CC1. The summed E-state index contributed by atoms with van der Waals surface area (Å²) in [6, 6.07) is 0.0744. The molecule has 1 amide bonds. The highest BCUT2D eigenvalue weighted by Gasteiger charge is 2.33. The zero-order chi connectivity index (χ0) is 16.9. The standard InChI is InChI=1S/C16H30N2O4/c1-16(2,3)22-15(21)18(11-10-17(4)5)13-8-6-12(7-9-13)14(19)20/h12-13H,6-11H2,1-5H3,(H,19,20). The van der Waals surface area contributed by atoms with Gasteiger partial charge in [-0.3, -0.25) is 4.79 Å². The molecule has 0 saturated heterocycles. The predicted octanol–water partition coefficient (Wildman–Crippen LogP) is 2.43. The van der Waals surface area contributed by atoms with Gasteiger partial charge < -0.3 is 19.6 Å². The molecule has 0 radical (unpaired) electrons. The van der Waals surface area contributed by atoms with E-state index < -0.39 is 11.6 Å². The molecule has 128 valence electrons. The lowest BCUT2D eigenvalue weighted by Crippen LogP contribution is -2.47. The van der Waals surface area contributed by atoms with Gasteiger partial charge in [0, 0.05) is 19.1 Å². The molecule has 0 heterocycles. The number of carboxylic acid groups (broad SMARTS) is 1. The van der Waals surface area contributed by atoms with E-state index in [-0.39, 0.29) is 18.1 Å². The van der Waals surface area contributed by atoms with Crippen LogP contribution in [0.5, 0.6) is 0 Å². The summed E-state index contributed by atoms with van der Waals surface area (Å²) in [6.07, 6.45) is 2.41. The quantitative estimate of drug-likeness (QED) is 0.844. The van der Waals surface area contributed by atoms with Crippen LogP contribution in [0.2, 0.25) is 0 Å². The number of carboxylic acids is 1. The Balaban J connectivity index is 2.69. The summed E-state index contributed by atoms with van der Waals surface area (Å²) in [7, 11) is 3.93. The van der Waals surface area contributed by atoms with Crippen molar-refractivity contribution in [3.63, 3.8) is 0 Å². The van der Waals surface area contributed by atoms with E-state index in [0.29, 0.717) is 19.4 Å². The molecule has 1 fully saturated rings. The van der Waals surface area contributed by atoms with Gasteiger partial charge in [-0.25, -0.2) is 4.79 Å². The van der Waals surface area contributed by atoms with E-state index in [1.54, 1.807) is 4.90 Å². The summed E-state index contributed by atoms with van der Waals surface area (Å²) in [5, 5.41) is 9.09. The molecule has 6 nitrogen and oxygen atoms in total. The Hall–Kier alpha value is -1.30. The molecular formula is C16H30N2O4. The van der Waals surface area contributed by atoms with Gasteiger partial charge in [-0.15, -0.1) is 0 Å². The van der Waals surface area contributed by atoms with Gasteiger partial charge in [-0.2, -0.15) is 0 Å². The maximum Gasteiger partial charge on any atom is 0.410 e. The minimum absolute atomic E-state index is 0.0744. The normalized spacial score (nSPS) is 22.5. The molecule has 0 unspecified atom stereocenters. The van der Waals surface area contributed by atoms with Crippen LogP contribution in [0.15, 0.2) is 0 Å². The predicted molar refractivity (Wildman–Crippen MR) is 84.9 cm³/mol. The monoisotopic (exact) mass is 314 g/mol. The smallest absolute Gasteiger partial charge is 0.410 e. The molecule has 0 aromatic rings. The first-order chi connectivity index (χ1) is 10.1. The van der Waals surface area contributed by atoms with Crippen LogP contribution < -0.4 is 0 Å². The summed E-state index contributed by atoms with van der Waals surface area (Å²) in [6.45, 7) is 6.94. The van der Waals surface area contributed by atoms with Gasteiger partial charge in [0.1, 0.15) is 5.60 Å². The van der Waals surface area contributed by atoms with Crippen LogP contribution in [-0.2, 0) is 9.53 Å². The number of rotatable bonds is 5. The number of carbonyl (C=O) groups is 2.